The summed E-state index contributed by atoms with van der Waals surface area (Å²) in [4.78, 5) is 3.96. The molecule has 3 rings (SSSR count). The molecule has 1 fully saturated rings. The van der Waals surface area contributed by atoms with E-state index in [0.29, 0.717) is 16.6 Å². The van der Waals surface area contributed by atoms with Crippen molar-refractivity contribution in [2.75, 3.05) is 0 Å². The Kier molecular flexibility index (Phi) is 5.45. The summed E-state index contributed by atoms with van der Waals surface area (Å²) < 4.78 is 14.1. The SMILES string of the molecule is CC(C)(OC1CCCC(Cn2cncn2)O1)c1ccc(Cl)cc1Cl. The minimum Gasteiger partial charge on any atom is -0.347 e. The second-order valence-electron chi connectivity index (χ2n) is 6.49. The summed E-state index contributed by atoms with van der Waals surface area (Å²) in [5, 5.41) is 5.34. The lowest BCUT2D eigenvalue weighted by Gasteiger charge is -2.36. The van der Waals surface area contributed by atoms with Crippen LogP contribution in [0.4, 0.5) is 0 Å². The molecule has 130 valence electrons. The molecule has 2 unspecified atom stereocenters. The van der Waals surface area contributed by atoms with E-state index in [2.05, 4.69) is 10.1 Å². The summed E-state index contributed by atoms with van der Waals surface area (Å²) in [7, 11) is 0. The first-order chi connectivity index (χ1) is 11.4. The average molecular weight is 370 g/mol. The van der Waals surface area contributed by atoms with Crippen LogP contribution in [0.1, 0.15) is 38.7 Å². The number of ether oxygens (including phenoxy) is 2. The van der Waals surface area contributed by atoms with Crippen molar-refractivity contribution in [3.63, 3.8) is 0 Å². The topological polar surface area (TPSA) is 49.2 Å². The van der Waals surface area contributed by atoms with Gasteiger partial charge in [0.1, 0.15) is 12.7 Å². The normalized spacial score (nSPS) is 21.8. The van der Waals surface area contributed by atoms with Crippen molar-refractivity contribution in [3.05, 3.63) is 46.5 Å². The molecule has 0 radical (unpaired) electrons. The van der Waals surface area contributed by atoms with Gasteiger partial charge in [-0.3, -0.25) is 4.68 Å². The molecule has 1 aliphatic heterocycles. The Bertz CT molecular complexity index is 676. The summed E-state index contributed by atoms with van der Waals surface area (Å²) in [5.41, 5.74) is 0.331. The predicted molar refractivity (Wildman–Crippen MR) is 93.1 cm³/mol. The Morgan fingerprint density at radius 1 is 1.33 bits per heavy atom. The van der Waals surface area contributed by atoms with Gasteiger partial charge in [-0.25, -0.2) is 4.98 Å². The fourth-order valence-electron chi connectivity index (χ4n) is 2.99. The summed E-state index contributed by atoms with van der Waals surface area (Å²) >= 11 is 12.3. The number of benzene rings is 1. The largest absolute Gasteiger partial charge is 0.347 e. The fraction of sp³-hybridized carbons (Fsp3) is 0.529. The van der Waals surface area contributed by atoms with Gasteiger partial charge in [-0.05, 0) is 45.2 Å². The lowest BCUT2D eigenvalue weighted by atomic mass is 9.97. The fourth-order valence-corrected chi connectivity index (χ4v) is 3.63. The molecule has 1 saturated heterocycles. The van der Waals surface area contributed by atoms with Crippen molar-refractivity contribution < 1.29 is 9.47 Å². The highest BCUT2D eigenvalue weighted by Crippen LogP contribution is 2.35. The summed E-state index contributed by atoms with van der Waals surface area (Å²) in [6.45, 7) is 4.67. The smallest absolute Gasteiger partial charge is 0.159 e. The third kappa shape index (κ3) is 4.28. The van der Waals surface area contributed by atoms with Gasteiger partial charge in [-0.1, -0.05) is 29.3 Å². The average Bonchev–Trinajstić information content (AvgIpc) is 2.99. The number of hydrogen-bond acceptors (Lipinski definition) is 4. The number of aromatic nitrogens is 3. The minimum absolute atomic E-state index is 0.0712. The molecule has 0 amide bonds. The quantitative estimate of drug-likeness (QED) is 0.781. The summed E-state index contributed by atoms with van der Waals surface area (Å²) in [5.74, 6) is 0. The molecule has 2 heterocycles. The molecule has 0 saturated carbocycles. The number of rotatable bonds is 5. The maximum atomic E-state index is 6.33. The lowest BCUT2D eigenvalue weighted by molar-refractivity contribution is -0.243. The van der Waals surface area contributed by atoms with Crippen LogP contribution >= 0.6 is 23.2 Å². The van der Waals surface area contributed by atoms with Crippen LogP contribution in [0.2, 0.25) is 10.0 Å². The van der Waals surface area contributed by atoms with Gasteiger partial charge in [-0.2, -0.15) is 5.10 Å². The second-order valence-corrected chi connectivity index (χ2v) is 7.33. The Morgan fingerprint density at radius 3 is 2.88 bits per heavy atom. The van der Waals surface area contributed by atoms with Crippen molar-refractivity contribution >= 4 is 23.2 Å². The zero-order valence-electron chi connectivity index (χ0n) is 13.8. The molecular formula is C17H21Cl2N3O2. The Balaban J connectivity index is 1.65. The molecule has 1 aromatic heterocycles. The van der Waals surface area contributed by atoms with Crippen molar-refractivity contribution in [2.24, 2.45) is 0 Å². The van der Waals surface area contributed by atoms with Crippen molar-refractivity contribution in [3.8, 4) is 0 Å². The maximum Gasteiger partial charge on any atom is 0.159 e. The minimum atomic E-state index is -0.568. The van der Waals surface area contributed by atoms with Gasteiger partial charge in [0.2, 0.25) is 0 Å². The highest BCUT2D eigenvalue weighted by Gasteiger charge is 2.32. The van der Waals surface area contributed by atoms with Gasteiger partial charge in [0.15, 0.2) is 6.29 Å². The number of halogens is 2. The third-order valence-electron chi connectivity index (χ3n) is 4.17. The van der Waals surface area contributed by atoms with E-state index in [1.807, 2.05) is 26.0 Å². The van der Waals surface area contributed by atoms with Gasteiger partial charge in [-0.15, -0.1) is 0 Å². The Hall–Kier alpha value is -1.14. The van der Waals surface area contributed by atoms with Crippen LogP contribution in [-0.4, -0.2) is 27.2 Å². The van der Waals surface area contributed by atoms with E-state index in [9.17, 15) is 0 Å². The van der Waals surface area contributed by atoms with Crippen molar-refractivity contribution in [1.29, 1.82) is 0 Å². The third-order valence-corrected chi connectivity index (χ3v) is 4.72. The molecule has 5 nitrogen and oxygen atoms in total. The van der Waals surface area contributed by atoms with E-state index in [1.165, 1.54) is 6.33 Å². The van der Waals surface area contributed by atoms with Crippen LogP contribution in [0.25, 0.3) is 0 Å². The molecule has 24 heavy (non-hydrogen) atoms. The van der Waals surface area contributed by atoms with Crippen LogP contribution in [0.3, 0.4) is 0 Å². The van der Waals surface area contributed by atoms with Crippen LogP contribution in [0, 0.1) is 0 Å². The molecule has 0 N–H and O–H groups in total. The molecule has 0 spiro atoms. The van der Waals surface area contributed by atoms with Gasteiger partial charge >= 0.3 is 0 Å². The van der Waals surface area contributed by atoms with E-state index in [1.54, 1.807) is 17.1 Å². The van der Waals surface area contributed by atoms with E-state index < -0.39 is 5.60 Å². The van der Waals surface area contributed by atoms with Crippen molar-refractivity contribution in [2.45, 2.75) is 57.6 Å². The van der Waals surface area contributed by atoms with Gasteiger partial charge in [0.25, 0.3) is 0 Å². The Morgan fingerprint density at radius 2 is 2.17 bits per heavy atom. The Labute approximate surface area is 151 Å². The van der Waals surface area contributed by atoms with Gasteiger partial charge in [0, 0.05) is 15.6 Å². The molecule has 7 heteroatoms. The zero-order chi connectivity index (χ0) is 17.2. The van der Waals surface area contributed by atoms with Crippen molar-refractivity contribution in [1.82, 2.24) is 14.8 Å². The molecule has 1 aromatic carbocycles. The molecule has 1 aliphatic rings. The zero-order valence-corrected chi connectivity index (χ0v) is 15.3. The van der Waals surface area contributed by atoms with Gasteiger partial charge in [0.05, 0.1) is 18.2 Å². The van der Waals surface area contributed by atoms with E-state index in [0.717, 1.165) is 24.8 Å². The first-order valence-electron chi connectivity index (χ1n) is 8.05. The molecule has 2 aromatic rings. The first kappa shape index (κ1) is 17.7. The van der Waals surface area contributed by atoms with Gasteiger partial charge < -0.3 is 9.47 Å². The predicted octanol–water partition coefficient (Wildman–Crippen LogP) is 4.43. The van der Waals surface area contributed by atoms with E-state index in [-0.39, 0.29) is 12.4 Å². The monoisotopic (exact) mass is 369 g/mol. The maximum absolute atomic E-state index is 6.33. The molecule has 2 atom stereocenters. The highest BCUT2D eigenvalue weighted by molar-refractivity contribution is 6.35. The molecular weight excluding hydrogens is 349 g/mol. The van der Waals surface area contributed by atoms with E-state index >= 15 is 0 Å². The van der Waals surface area contributed by atoms with Crippen LogP contribution in [0.5, 0.6) is 0 Å². The number of hydrogen-bond donors (Lipinski definition) is 0. The highest BCUT2D eigenvalue weighted by atomic mass is 35.5. The second kappa shape index (κ2) is 7.40. The first-order valence-corrected chi connectivity index (χ1v) is 8.81. The van der Waals surface area contributed by atoms with Crippen LogP contribution in [0.15, 0.2) is 30.9 Å². The molecule has 0 aliphatic carbocycles. The lowest BCUT2D eigenvalue weighted by Crippen LogP contribution is -2.37. The standard InChI is InChI=1S/C17H21Cl2N3O2/c1-17(2,14-7-6-12(18)8-15(14)19)24-16-5-3-4-13(23-16)9-22-11-20-10-21-22/h6-8,10-11,13,16H,3-5,9H2,1-2H3. The van der Waals surface area contributed by atoms with Crippen LogP contribution < -0.4 is 0 Å². The summed E-state index contributed by atoms with van der Waals surface area (Å²) in [6, 6.07) is 5.46. The summed E-state index contributed by atoms with van der Waals surface area (Å²) in [6.07, 6.45) is 5.93. The van der Waals surface area contributed by atoms with E-state index in [4.69, 9.17) is 32.7 Å². The van der Waals surface area contributed by atoms with Crippen LogP contribution in [-0.2, 0) is 21.6 Å². The number of nitrogens with zero attached hydrogens (tertiary/aromatic N) is 3. The molecule has 0 bridgehead atoms.